The summed E-state index contributed by atoms with van der Waals surface area (Å²) in [6.45, 7) is 4.57. The third-order valence-corrected chi connectivity index (χ3v) is 6.03. The molecule has 1 saturated heterocycles. The molecule has 0 unspecified atom stereocenters. The first kappa shape index (κ1) is 15.4. The lowest BCUT2D eigenvalue weighted by molar-refractivity contribution is 0.291. The van der Waals surface area contributed by atoms with Crippen molar-refractivity contribution in [1.29, 1.82) is 0 Å². The summed E-state index contributed by atoms with van der Waals surface area (Å²) in [6.07, 6.45) is 1.83. The first-order valence-corrected chi connectivity index (χ1v) is 8.63. The summed E-state index contributed by atoms with van der Waals surface area (Å²) >= 11 is 4.88. The van der Waals surface area contributed by atoms with Crippen LogP contribution in [0.25, 0.3) is 0 Å². The van der Waals surface area contributed by atoms with Gasteiger partial charge in [0.2, 0.25) is 10.0 Å². The molecule has 0 saturated carbocycles. The van der Waals surface area contributed by atoms with Crippen molar-refractivity contribution in [2.24, 2.45) is 5.73 Å². The molecule has 1 aliphatic heterocycles. The second kappa shape index (κ2) is 5.42. The molecule has 0 bridgehead atoms. The Morgan fingerprint density at radius 2 is 1.95 bits per heavy atom. The highest BCUT2D eigenvalue weighted by molar-refractivity contribution is 7.88. The molecule has 0 aliphatic carbocycles. The van der Waals surface area contributed by atoms with Crippen molar-refractivity contribution in [2.75, 3.05) is 6.54 Å². The summed E-state index contributed by atoms with van der Waals surface area (Å²) in [6, 6.07) is 7.08. The van der Waals surface area contributed by atoms with Crippen molar-refractivity contribution in [3.05, 3.63) is 35.4 Å². The van der Waals surface area contributed by atoms with E-state index in [0.717, 1.165) is 24.0 Å². The Morgan fingerprint density at radius 1 is 1.35 bits per heavy atom. The van der Waals surface area contributed by atoms with E-state index in [2.05, 4.69) is 0 Å². The van der Waals surface area contributed by atoms with Gasteiger partial charge in [-0.05, 0) is 32.3 Å². The van der Waals surface area contributed by atoms with Crippen LogP contribution in [-0.2, 0) is 15.8 Å². The van der Waals surface area contributed by atoms with E-state index in [1.165, 1.54) is 0 Å². The Morgan fingerprint density at radius 3 is 2.40 bits per heavy atom. The number of nitrogens with zero attached hydrogens (tertiary/aromatic N) is 1. The lowest BCUT2D eigenvalue weighted by Crippen LogP contribution is -2.43. The smallest absolute Gasteiger partial charge is 0.218 e. The van der Waals surface area contributed by atoms with Crippen molar-refractivity contribution < 1.29 is 8.42 Å². The van der Waals surface area contributed by atoms with Gasteiger partial charge in [-0.2, -0.15) is 4.31 Å². The summed E-state index contributed by atoms with van der Waals surface area (Å²) in [5.74, 6) is 0.0219. The topological polar surface area (TPSA) is 63.4 Å². The molecule has 2 N–H and O–H groups in total. The number of thiocarbonyl (C=S) groups is 1. The van der Waals surface area contributed by atoms with E-state index in [-0.39, 0.29) is 11.3 Å². The van der Waals surface area contributed by atoms with Crippen molar-refractivity contribution in [3.8, 4) is 0 Å². The molecule has 1 aromatic rings. The minimum Gasteiger partial charge on any atom is -0.389 e. The van der Waals surface area contributed by atoms with Crippen LogP contribution in [0.3, 0.4) is 0 Å². The van der Waals surface area contributed by atoms with Gasteiger partial charge in [0, 0.05) is 17.6 Å². The largest absolute Gasteiger partial charge is 0.389 e. The zero-order valence-corrected chi connectivity index (χ0v) is 13.4. The van der Waals surface area contributed by atoms with E-state index in [1.807, 2.05) is 13.8 Å². The fourth-order valence-electron chi connectivity index (χ4n) is 2.65. The van der Waals surface area contributed by atoms with Gasteiger partial charge in [-0.15, -0.1) is 0 Å². The average Bonchev–Trinajstić information content (AvgIpc) is 2.70. The van der Waals surface area contributed by atoms with Crippen LogP contribution in [0.5, 0.6) is 0 Å². The van der Waals surface area contributed by atoms with Gasteiger partial charge in [-0.1, -0.05) is 36.5 Å². The van der Waals surface area contributed by atoms with Crippen LogP contribution >= 0.6 is 12.2 Å². The van der Waals surface area contributed by atoms with Crippen LogP contribution in [0.1, 0.15) is 37.8 Å². The summed E-state index contributed by atoms with van der Waals surface area (Å²) in [7, 11) is -3.28. The maximum absolute atomic E-state index is 12.5. The van der Waals surface area contributed by atoms with E-state index >= 15 is 0 Å². The van der Waals surface area contributed by atoms with E-state index in [0.29, 0.717) is 11.5 Å². The molecule has 20 heavy (non-hydrogen) atoms. The first-order chi connectivity index (χ1) is 9.22. The summed E-state index contributed by atoms with van der Waals surface area (Å²) < 4.78 is 26.7. The van der Waals surface area contributed by atoms with Crippen molar-refractivity contribution >= 4 is 27.2 Å². The Bertz CT molecular complexity index is 607. The molecule has 1 fully saturated rings. The highest BCUT2D eigenvalue weighted by atomic mass is 32.2. The summed E-state index contributed by atoms with van der Waals surface area (Å²) in [5, 5.41) is 0. The minimum atomic E-state index is -3.28. The quantitative estimate of drug-likeness (QED) is 0.864. The number of hydrogen-bond acceptors (Lipinski definition) is 3. The Kier molecular flexibility index (Phi) is 4.18. The Balaban J connectivity index is 2.18. The van der Waals surface area contributed by atoms with Gasteiger partial charge in [-0.25, -0.2) is 8.42 Å². The van der Waals surface area contributed by atoms with E-state index in [9.17, 15) is 8.42 Å². The molecular weight excluding hydrogens is 292 g/mol. The molecule has 1 aromatic carbocycles. The zero-order chi connectivity index (χ0) is 15.0. The molecule has 1 aliphatic rings. The molecule has 0 atom stereocenters. The monoisotopic (exact) mass is 312 g/mol. The van der Waals surface area contributed by atoms with Crippen LogP contribution in [-0.4, -0.2) is 29.8 Å². The number of sulfonamides is 1. The number of hydrogen-bond donors (Lipinski definition) is 1. The van der Waals surface area contributed by atoms with Crippen LogP contribution in [0.2, 0.25) is 0 Å². The molecule has 0 aromatic heterocycles. The number of nitrogens with two attached hydrogens (primary N) is 1. The lowest BCUT2D eigenvalue weighted by Gasteiger charge is -2.30. The van der Waals surface area contributed by atoms with Gasteiger partial charge in [0.25, 0.3) is 0 Å². The third kappa shape index (κ3) is 3.19. The molecule has 0 radical (unpaired) electrons. The highest BCUT2D eigenvalue weighted by Crippen LogP contribution is 2.32. The maximum Gasteiger partial charge on any atom is 0.218 e. The fourth-order valence-corrected chi connectivity index (χ4v) is 4.81. The maximum atomic E-state index is 12.5. The van der Waals surface area contributed by atoms with Gasteiger partial charge >= 0.3 is 0 Å². The van der Waals surface area contributed by atoms with Crippen molar-refractivity contribution in [2.45, 2.75) is 38.0 Å². The standard InChI is InChI=1S/C14H20N2O2S2/c1-14(2)8-3-9-16(14)20(17,18)10-11-4-6-12(7-5-11)13(15)19/h4-7H,3,8-10H2,1-2H3,(H2,15,19). The van der Waals surface area contributed by atoms with E-state index < -0.39 is 10.0 Å². The van der Waals surface area contributed by atoms with Crippen LogP contribution < -0.4 is 5.73 Å². The van der Waals surface area contributed by atoms with Gasteiger partial charge in [0.05, 0.1) is 5.75 Å². The van der Waals surface area contributed by atoms with Crippen LogP contribution in [0, 0.1) is 0 Å². The minimum absolute atomic E-state index is 0.0219. The van der Waals surface area contributed by atoms with Crippen LogP contribution in [0.4, 0.5) is 0 Å². The fraction of sp³-hybridized carbons (Fsp3) is 0.500. The Labute approximate surface area is 126 Å². The third-order valence-electron chi connectivity index (χ3n) is 3.75. The molecule has 2 rings (SSSR count). The molecule has 1 heterocycles. The number of rotatable bonds is 4. The van der Waals surface area contributed by atoms with Crippen LogP contribution in [0.15, 0.2) is 24.3 Å². The summed E-state index contributed by atoms with van der Waals surface area (Å²) in [4.78, 5) is 0.320. The molecule has 0 amide bonds. The van der Waals surface area contributed by atoms with E-state index in [4.69, 9.17) is 18.0 Å². The average molecular weight is 312 g/mol. The Hall–Kier alpha value is -0.980. The van der Waals surface area contributed by atoms with Gasteiger partial charge < -0.3 is 5.73 Å². The second-order valence-electron chi connectivity index (χ2n) is 5.81. The predicted molar refractivity (Wildman–Crippen MR) is 85.0 cm³/mol. The normalized spacial score (nSPS) is 19.1. The van der Waals surface area contributed by atoms with Gasteiger partial charge in [-0.3, -0.25) is 0 Å². The van der Waals surface area contributed by atoms with Crippen molar-refractivity contribution in [3.63, 3.8) is 0 Å². The number of benzene rings is 1. The predicted octanol–water partition coefficient (Wildman–Crippen LogP) is 2.02. The van der Waals surface area contributed by atoms with Crippen molar-refractivity contribution in [1.82, 2.24) is 4.31 Å². The highest BCUT2D eigenvalue weighted by Gasteiger charge is 2.39. The molecular formula is C14H20N2O2S2. The lowest BCUT2D eigenvalue weighted by atomic mass is 10.0. The molecule has 4 nitrogen and oxygen atoms in total. The zero-order valence-electron chi connectivity index (χ0n) is 11.8. The molecule has 0 spiro atoms. The van der Waals surface area contributed by atoms with Gasteiger partial charge in [0.1, 0.15) is 4.99 Å². The molecule has 110 valence electrons. The van der Waals surface area contributed by atoms with E-state index in [1.54, 1.807) is 28.6 Å². The summed E-state index contributed by atoms with van der Waals surface area (Å²) in [5.41, 5.74) is 6.76. The SMILES string of the molecule is CC1(C)CCCN1S(=O)(=O)Cc1ccc(C(N)=S)cc1. The molecule has 6 heteroatoms. The second-order valence-corrected chi connectivity index (χ2v) is 8.14. The van der Waals surface area contributed by atoms with Gasteiger partial charge in [0.15, 0.2) is 0 Å². The first-order valence-electron chi connectivity index (χ1n) is 6.62.